The van der Waals surface area contributed by atoms with Gasteiger partial charge in [-0.1, -0.05) is 46.3 Å². The van der Waals surface area contributed by atoms with Gasteiger partial charge in [0.25, 0.3) is 5.91 Å². The third kappa shape index (κ3) is 3.01. The topological polar surface area (TPSA) is 54.6 Å². The maximum atomic E-state index is 13.6. The number of H-pyrrole nitrogens is 1. The van der Waals surface area contributed by atoms with Crippen molar-refractivity contribution < 1.29 is 14.3 Å². The lowest BCUT2D eigenvalue weighted by atomic mass is 9.91. The first-order valence-electron chi connectivity index (χ1n) is 10.2. The Kier molecular flexibility index (Phi) is 4.28. The van der Waals surface area contributed by atoms with Crippen LogP contribution in [-0.2, 0) is 6.42 Å². The molecular formula is C25H19BrN2O3. The lowest BCUT2D eigenvalue weighted by Gasteiger charge is -2.36. The summed E-state index contributed by atoms with van der Waals surface area (Å²) in [7, 11) is 0. The van der Waals surface area contributed by atoms with E-state index in [4.69, 9.17) is 9.47 Å². The number of benzene rings is 3. The highest BCUT2D eigenvalue weighted by atomic mass is 79.9. The molecule has 1 aromatic heterocycles. The smallest absolute Gasteiger partial charge is 0.254 e. The molecule has 1 amide bonds. The number of aromatic amines is 1. The molecular weight excluding hydrogens is 456 g/mol. The minimum Gasteiger partial charge on any atom is -0.454 e. The normalized spacial score (nSPS) is 17.1. The van der Waals surface area contributed by atoms with E-state index in [0.29, 0.717) is 12.1 Å². The zero-order chi connectivity index (χ0) is 20.9. The average molecular weight is 475 g/mol. The molecule has 154 valence electrons. The first kappa shape index (κ1) is 18.5. The van der Waals surface area contributed by atoms with Crippen molar-refractivity contribution in [3.8, 4) is 11.5 Å². The van der Waals surface area contributed by atoms with Gasteiger partial charge in [0.15, 0.2) is 11.5 Å². The Morgan fingerprint density at radius 1 is 1.00 bits per heavy atom. The van der Waals surface area contributed by atoms with E-state index < -0.39 is 0 Å². The third-order valence-electron chi connectivity index (χ3n) is 6.08. The van der Waals surface area contributed by atoms with Gasteiger partial charge in [-0.05, 0) is 53.9 Å². The minimum absolute atomic E-state index is 0.00766. The standard InChI is InChI=1S/C25H19BrN2O3/c26-17-5-3-4-16(12-17)25(29)28-11-10-19-18-6-1-2-7-20(18)27-23(19)24(28)15-8-9-21-22(13-15)31-14-30-21/h1-9,12-13,24,27H,10-11,14H2/t24-/m1/s1. The van der Waals surface area contributed by atoms with Crippen molar-refractivity contribution >= 4 is 32.7 Å². The van der Waals surface area contributed by atoms with E-state index in [1.807, 2.05) is 53.4 Å². The Bertz CT molecular complexity index is 1330. The van der Waals surface area contributed by atoms with Crippen LogP contribution in [0.15, 0.2) is 71.2 Å². The van der Waals surface area contributed by atoms with Gasteiger partial charge in [-0.3, -0.25) is 4.79 Å². The zero-order valence-electron chi connectivity index (χ0n) is 16.6. The van der Waals surface area contributed by atoms with E-state index in [1.165, 1.54) is 10.9 Å². The van der Waals surface area contributed by atoms with Crippen LogP contribution in [0.2, 0.25) is 0 Å². The van der Waals surface area contributed by atoms with Crippen LogP contribution >= 0.6 is 15.9 Å². The molecule has 1 N–H and O–H groups in total. The Labute approximate surface area is 187 Å². The van der Waals surface area contributed by atoms with Crippen LogP contribution < -0.4 is 9.47 Å². The molecule has 1 atom stereocenters. The fraction of sp³-hybridized carbons (Fsp3) is 0.160. The number of fused-ring (bicyclic) bond motifs is 4. The number of halogens is 1. The lowest BCUT2D eigenvalue weighted by Crippen LogP contribution is -2.40. The van der Waals surface area contributed by atoms with Crippen molar-refractivity contribution in [3.63, 3.8) is 0 Å². The van der Waals surface area contributed by atoms with E-state index in [9.17, 15) is 4.79 Å². The van der Waals surface area contributed by atoms with Crippen LogP contribution in [0.1, 0.15) is 33.2 Å². The number of nitrogens with one attached hydrogen (secondary N) is 1. The lowest BCUT2D eigenvalue weighted by molar-refractivity contribution is 0.0691. The van der Waals surface area contributed by atoms with Crippen LogP contribution in [0.25, 0.3) is 10.9 Å². The minimum atomic E-state index is -0.239. The van der Waals surface area contributed by atoms with Gasteiger partial charge in [-0.25, -0.2) is 0 Å². The molecule has 0 saturated carbocycles. The number of amides is 1. The summed E-state index contributed by atoms with van der Waals surface area (Å²) in [5.41, 5.74) is 5.10. The summed E-state index contributed by atoms with van der Waals surface area (Å²) in [4.78, 5) is 19.2. The SMILES string of the molecule is O=C(c1cccc(Br)c1)N1CCc2c([nH]c3ccccc23)[C@H]1c1ccc2c(c1)OCO2. The second-order valence-electron chi connectivity index (χ2n) is 7.84. The van der Waals surface area contributed by atoms with Gasteiger partial charge < -0.3 is 19.4 Å². The predicted octanol–water partition coefficient (Wildman–Crippen LogP) is 5.45. The van der Waals surface area contributed by atoms with E-state index in [1.54, 1.807) is 0 Å². The Balaban J connectivity index is 1.52. The Morgan fingerprint density at radius 3 is 2.77 bits per heavy atom. The highest BCUT2D eigenvalue weighted by Gasteiger charge is 2.35. The van der Waals surface area contributed by atoms with E-state index >= 15 is 0 Å². The van der Waals surface area contributed by atoms with Crippen LogP contribution in [0.4, 0.5) is 0 Å². The van der Waals surface area contributed by atoms with Crippen molar-refractivity contribution in [1.82, 2.24) is 9.88 Å². The molecule has 2 aliphatic heterocycles. The first-order valence-corrected chi connectivity index (χ1v) is 11.0. The number of rotatable bonds is 2. The van der Waals surface area contributed by atoms with Gasteiger partial charge in [0, 0.05) is 33.2 Å². The number of ether oxygens (including phenoxy) is 2. The van der Waals surface area contributed by atoms with Crippen molar-refractivity contribution in [1.29, 1.82) is 0 Å². The predicted molar refractivity (Wildman–Crippen MR) is 122 cm³/mol. The van der Waals surface area contributed by atoms with Gasteiger partial charge in [-0.15, -0.1) is 0 Å². The summed E-state index contributed by atoms with van der Waals surface area (Å²) in [6.45, 7) is 0.862. The number of carbonyl (C=O) groups excluding carboxylic acids is 1. The summed E-state index contributed by atoms with van der Waals surface area (Å²) in [5, 5.41) is 1.22. The molecule has 0 spiro atoms. The van der Waals surface area contributed by atoms with Crippen molar-refractivity contribution in [3.05, 3.63) is 93.6 Å². The Hall–Kier alpha value is -3.25. The molecule has 0 fully saturated rings. The van der Waals surface area contributed by atoms with Crippen molar-refractivity contribution in [2.75, 3.05) is 13.3 Å². The summed E-state index contributed by atoms with van der Waals surface area (Å²) < 4.78 is 12.0. The van der Waals surface area contributed by atoms with Gasteiger partial charge >= 0.3 is 0 Å². The number of hydrogen-bond donors (Lipinski definition) is 1. The van der Waals surface area contributed by atoms with Crippen molar-refractivity contribution in [2.24, 2.45) is 0 Å². The average Bonchev–Trinajstić information content (AvgIpc) is 3.41. The van der Waals surface area contributed by atoms with Crippen LogP contribution in [0.5, 0.6) is 11.5 Å². The molecule has 3 heterocycles. The molecule has 0 unspecified atom stereocenters. The maximum absolute atomic E-state index is 13.6. The third-order valence-corrected chi connectivity index (χ3v) is 6.57. The molecule has 31 heavy (non-hydrogen) atoms. The molecule has 0 saturated heterocycles. The number of para-hydroxylation sites is 1. The van der Waals surface area contributed by atoms with Gasteiger partial charge in [0.05, 0.1) is 6.04 Å². The molecule has 2 aliphatic rings. The highest BCUT2D eigenvalue weighted by molar-refractivity contribution is 9.10. The second-order valence-corrected chi connectivity index (χ2v) is 8.75. The van der Waals surface area contributed by atoms with Crippen LogP contribution in [0, 0.1) is 0 Å². The number of carbonyl (C=O) groups is 1. The molecule has 0 radical (unpaired) electrons. The summed E-state index contributed by atoms with van der Waals surface area (Å²) in [6.07, 6.45) is 0.806. The van der Waals surface area contributed by atoms with Crippen LogP contribution in [-0.4, -0.2) is 29.1 Å². The van der Waals surface area contributed by atoms with Crippen LogP contribution in [0.3, 0.4) is 0 Å². The van der Waals surface area contributed by atoms with E-state index in [0.717, 1.165) is 39.2 Å². The summed E-state index contributed by atoms with van der Waals surface area (Å²) in [5.74, 6) is 1.46. The second kappa shape index (κ2) is 7.17. The number of nitrogens with zero attached hydrogens (tertiary/aromatic N) is 1. The summed E-state index contributed by atoms with van der Waals surface area (Å²) in [6, 6.07) is 21.6. The largest absolute Gasteiger partial charge is 0.454 e. The van der Waals surface area contributed by atoms with Gasteiger partial charge in [0.1, 0.15) is 0 Å². The van der Waals surface area contributed by atoms with E-state index in [-0.39, 0.29) is 18.7 Å². The molecule has 6 rings (SSSR count). The quantitative estimate of drug-likeness (QED) is 0.420. The molecule has 4 aromatic rings. The Morgan fingerprint density at radius 2 is 1.87 bits per heavy atom. The monoisotopic (exact) mass is 474 g/mol. The first-order chi connectivity index (χ1) is 15.2. The molecule has 3 aromatic carbocycles. The zero-order valence-corrected chi connectivity index (χ0v) is 18.2. The molecule has 5 nitrogen and oxygen atoms in total. The summed E-state index contributed by atoms with van der Waals surface area (Å²) >= 11 is 3.49. The van der Waals surface area contributed by atoms with Gasteiger partial charge in [-0.2, -0.15) is 0 Å². The molecule has 0 aliphatic carbocycles. The number of hydrogen-bond acceptors (Lipinski definition) is 3. The van der Waals surface area contributed by atoms with Crippen molar-refractivity contribution in [2.45, 2.75) is 12.5 Å². The highest BCUT2D eigenvalue weighted by Crippen LogP contribution is 2.42. The maximum Gasteiger partial charge on any atom is 0.254 e. The van der Waals surface area contributed by atoms with Gasteiger partial charge in [0.2, 0.25) is 6.79 Å². The van der Waals surface area contributed by atoms with E-state index in [2.05, 4.69) is 39.1 Å². The molecule has 6 heteroatoms. The number of aromatic nitrogens is 1. The fourth-order valence-corrected chi connectivity index (χ4v) is 5.08. The molecule has 0 bridgehead atoms. The fourth-order valence-electron chi connectivity index (χ4n) is 4.68.